The van der Waals surface area contributed by atoms with Crippen LogP contribution >= 0.6 is 23.2 Å². The lowest BCUT2D eigenvalue weighted by Gasteiger charge is -2.25. The highest BCUT2D eigenvalue weighted by molar-refractivity contribution is 7.92. The van der Waals surface area contributed by atoms with E-state index in [0.717, 1.165) is 6.07 Å². The van der Waals surface area contributed by atoms with Gasteiger partial charge in [0.25, 0.3) is 10.0 Å². The van der Waals surface area contributed by atoms with Gasteiger partial charge in [0, 0.05) is 10.6 Å². The minimum atomic E-state index is -4.20. The first-order valence-electron chi connectivity index (χ1n) is 11.0. The van der Waals surface area contributed by atoms with Gasteiger partial charge < -0.3 is 9.84 Å². The lowest BCUT2D eigenvalue weighted by Crippen LogP contribution is -2.26. The summed E-state index contributed by atoms with van der Waals surface area (Å²) in [5.41, 5.74) is 0.429. The van der Waals surface area contributed by atoms with Gasteiger partial charge in [-0.25, -0.2) is 17.8 Å². The molecule has 0 radical (unpaired) electrons. The second kappa shape index (κ2) is 9.81. The van der Waals surface area contributed by atoms with Crippen LogP contribution in [-0.2, 0) is 10.0 Å². The second-order valence-corrected chi connectivity index (χ2v) is 10.9. The number of aliphatic hydroxyl groups excluding tert-OH is 1. The summed E-state index contributed by atoms with van der Waals surface area (Å²) in [5, 5.41) is 17.2. The van der Waals surface area contributed by atoms with Crippen molar-refractivity contribution >= 4 is 49.9 Å². The summed E-state index contributed by atoms with van der Waals surface area (Å²) in [5.74, 6) is -0.374. The Morgan fingerprint density at radius 1 is 1.08 bits per heavy atom. The quantitative estimate of drug-likeness (QED) is 0.309. The molecule has 1 aliphatic rings. The number of nitrogens with zero attached hydrogens (tertiary/aromatic N) is 3. The van der Waals surface area contributed by atoms with Gasteiger partial charge >= 0.3 is 0 Å². The number of benzene rings is 2. The van der Waals surface area contributed by atoms with Crippen LogP contribution in [0.3, 0.4) is 0 Å². The Bertz CT molecular complexity index is 1540. The number of hydrogen-bond acceptors (Lipinski definition) is 7. The fourth-order valence-electron chi connectivity index (χ4n) is 3.97. The number of H-pyrrole nitrogens is 1. The molecule has 0 aliphatic heterocycles. The van der Waals surface area contributed by atoms with Crippen molar-refractivity contribution in [1.82, 2.24) is 20.2 Å². The zero-order chi connectivity index (χ0) is 25.4. The van der Waals surface area contributed by atoms with Crippen molar-refractivity contribution in [3.05, 3.63) is 58.5 Å². The number of sulfonamides is 1. The van der Waals surface area contributed by atoms with Crippen LogP contribution in [0.15, 0.2) is 47.5 Å². The lowest BCUT2D eigenvalue weighted by molar-refractivity contribution is 0.0652. The molecule has 4 aromatic rings. The van der Waals surface area contributed by atoms with Crippen molar-refractivity contribution in [2.24, 2.45) is 0 Å². The number of ether oxygens (including phenoxy) is 1. The Labute approximate surface area is 215 Å². The maximum absolute atomic E-state index is 15.0. The molecule has 0 atom stereocenters. The van der Waals surface area contributed by atoms with E-state index in [1.807, 2.05) is 0 Å². The SMILES string of the molecule is O=S(=O)(Nc1ccc(-c2nc(OC3CCC(O)CC3)c3cn[nH]c3n2)cc1F)c1cc(Cl)ccc1Cl. The molecule has 188 valence electrons. The first kappa shape index (κ1) is 24.7. The smallest absolute Gasteiger partial charge is 0.263 e. The van der Waals surface area contributed by atoms with Crippen LogP contribution < -0.4 is 9.46 Å². The molecular weight excluding hydrogens is 532 g/mol. The van der Waals surface area contributed by atoms with Crippen molar-refractivity contribution < 1.29 is 22.7 Å². The van der Waals surface area contributed by atoms with E-state index in [0.29, 0.717) is 48.2 Å². The first-order chi connectivity index (χ1) is 17.2. The van der Waals surface area contributed by atoms with E-state index in [1.165, 1.54) is 30.3 Å². The Kier molecular flexibility index (Phi) is 6.73. The third-order valence-corrected chi connectivity index (χ3v) is 7.93. The Balaban J connectivity index is 1.43. The fraction of sp³-hybridized carbons (Fsp3) is 0.261. The normalized spacial score (nSPS) is 18.3. The van der Waals surface area contributed by atoms with Crippen LogP contribution in [0.2, 0.25) is 10.0 Å². The topological polar surface area (TPSA) is 130 Å². The zero-order valence-corrected chi connectivity index (χ0v) is 20.9. The molecule has 1 saturated carbocycles. The third-order valence-electron chi connectivity index (χ3n) is 5.85. The standard InChI is InChI=1S/C23H20Cl2FN5O4S/c24-13-2-7-17(25)20(10-13)36(33,34)31-19-8-1-12(9-18(19)26)21-28-22-16(11-27-30-22)23(29-21)35-15-5-3-14(32)4-6-15/h1-2,7-11,14-15,31-32H,3-6H2,(H,27,28,29,30). The molecular formula is C23H20Cl2FN5O4S. The molecule has 0 saturated heterocycles. The van der Waals surface area contributed by atoms with E-state index < -0.39 is 15.8 Å². The number of aliphatic hydroxyl groups is 1. The highest BCUT2D eigenvalue weighted by Gasteiger charge is 2.24. The van der Waals surface area contributed by atoms with E-state index in [1.54, 1.807) is 6.20 Å². The van der Waals surface area contributed by atoms with Gasteiger partial charge in [0.1, 0.15) is 22.2 Å². The van der Waals surface area contributed by atoms with Gasteiger partial charge in [0.2, 0.25) is 5.88 Å². The summed E-state index contributed by atoms with van der Waals surface area (Å²) in [7, 11) is -4.20. The van der Waals surface area contributed by atoms with Gasteiger partial charge in [0.15, 0.2) is 11.5 Å². The number of anilines is 1. The molecule has 5 rings (SSSR count). The molecule has 0 spiro atoms. The van der Waals surface area contributed by atoms with Gasteiger partial charge in [0.05, 0.1) is 23.0 Å². The Morgan fingerprint density at radius 3 is 2.61 bits per heavy atom. The number of aromatic nitrogens is 4. The summed E-state index contributed by atoms with van der Waals surface area (Å²) in [6.07, 6.45) is 3.74. The molecule has 1 fully saturated rings. The van der Waals surface area contributed by atoms with Crippen LogP contribution in [0.25, 0.3) is 22.4 Å². The second-order valence-electron chi connectivity index (χ2n) is 8.41. The van der Waals surface area contributed by atoms with Crippen molar-refractivity contribution in [3.63, 3.8) is 0 Å². The third kappa shape index (κ3) is 5.10. The van der Waals surface area contributed by atoms with Crippen LogP contribution in [0.1, 0.15) is 25.7 Å². The van der Waals surface area contributed by atoms with Crippen molar-refractivity contribution in [3.8, 4) is 17.3 Å². The summed E-state index contributed by atoms with van der Waals surface area (Å²) in [6, 6.07) is 7.85. The van der Waals surface area contributed by atoms with Crippen LogP contribution in [-0.4, -0.2) is 45.9 Å². The van der Waals surface area contributed by atoms with Gasteiger partial charge in [-0.05, 0) is 62.1 Å². The molecule has 36 heavy (non-hydrogen) atoms. The average Bonchev–Trinajstić information content (AvgIpc) is 3.32. The zero-order valence-electron chi connectivity index (χ0n) is 18.6. The van der Waals surface area contributed by atoms with Crippen LogP contribution in [0.5, 0.6) is 5.88 Å². The van der Waals surface area contributed by atoms with Gasteiger partial charge in [-0.3, -0.25) is 9.82 Å². The van der Waals surface area contributed by atoms with E-state index in [9.17, 15) is 13.5 Å². The van der Waals surface area contributed by atoms with Crippen molar-refractivity contribution in [2.75, 3.05) is 4.72 Å². The van der Waals surface area contributed by atoms with Gasteiger partial charge in [-0.15, -0.1) is 0 Å². The maximum atomic E-state index is 15.0. The average molecular weight is 552 g/mol. The van der Waals surface area contributed by atoms with Crippen molar-refractivity contribution in [2.45, 2.75) is 42.8 Å². The first-order valence-corrected chi connectivity index (χ1v) is 13.3. The minimum absolute atomic E-state index is 0.0507. The monoisotopic (exact) mass is 551 g/mol. The van der Waals surface area contributed by atoms with E-state index >= 15 is 4.39 Å². The summed E-state index contributed by atoms with van der Waals surface area (Å²) < 4.78 is 48.8. The predicted molar refractivity (Wildman–Crippen MR) is 133 cm³/mol. The molecule has 0 amide bonds. The predicted octanol–water partition coefficient (Wildman–Crippen LogP) is 4.95. The molecule has 0 bridgehead atoms. The fourth-order valence-corrected chi connectivity index (χ4v) is 5.80. The maximum Gasteiger partial charge on any atom is 0.263 e. The number of hydrogen-bond donors (Lipinski definition) is 3. The number of nitrogens with one attached hydrogen (secondary N) is 2. The molecule has 0 unspecified atom stereocenters. The van der Waals surface area contributed by atoms with Crippen molar-refractivity contribution in [1.29, 1.82) is 0 Å². The number of aromatic amines is 1. The van der Waals surface area contributed by atoms with Crippen LogP contribution in [0.4, 0.5) is 10.1 Å². The van der Waals surface area contributed by atoms with E-state index in [4.69, 9.17) is 27.9 Å². The molecule has 9 nitrogen and oxygen atoms in total. The largest absolute Gasteiger partial charge is 0.474 e. The van der Waals surface area contributed by atoms with E-state index in [-0.39, 0.29) is 38.7 Å². The van der Waals surface area contributed by atoms with Crippen LogP contribution in [0, 0.1) is 5.82 Å². The molecule has 13 heteroatoms. The molecule has 2 aromatic heterocycles. The van der Waals surface area contributed by atoms with Gasteiger partial charge in [-0.1, -0.05) is 23.2 Å². The Morgan fingerprint density at radius 2 is 1.86 bits per heavy atom. The molecule has 3 N–H and O–H groups in total. The highest BCUT2D eigenvalue weighted by atomic mass is 35.5. The van der Waals surface area contributed by atoms with E-state index in [2.05, 4.69) is 24.9 Å². The molecule has 1 aliphatic carbocycles. The lowest BCUT2D eigenvalue weighted by atomic mass is 9.95. The number of rotatable bonds is 6. The number of fused-ring (bicyclic) bond motifs is 1. The highest BCUT2D eigenvalue weighted by Crippen LogP contribution is 2.32. The minimum Gasteiger partial charge on any atom is -0.474 e. The van der Waals surface area contributed by atoms with Gasteiger partial charge in [-0.2, -0.15) is 10.1 Å². The summed E-state index contributed by atoms with van der Waals surface area (Å²) >= 11 is 11.9. The Hall–Kier alpha value is -2.99. The molecule has 2 heterocycles. The summed E-state index contributed by atoms with van der Waals surface area (Å²) in [4.78, 5) is 8.60. The molecule has 2 aromatic carbocycles. The summed E-state index contributed by atoms with van der Waals surface area (Å²) in [6.45, 7) is 0. The number of halogens is 3.